The molecule has 2 nitrogen and oxygen atoms in total. The van der Waals surface area contributed by atoms with Gasteiger partial charge in [0.1, 0.15) is 0 Å². The van der Waals surface area contributed by atoms with Crippen LogP contribution in [0.4, 0.5) is 0 Å². The molecule has 1 fully saturated rings. The maximum Gasteiger partial charge on any atom is 0.305 e. The summed E-state index contributed by atoms with van der Waals surface area (Å²) in [6.07, 6.45) is 21.6. The lowest BCUT2D eigenvalue weighted by atomic mass is 9.65. The van der Waals surface area contributed by atoms with Gasteiger partial charge >= 0.3 is 5.97 Å². The molecule has 2 heteroatoms. The molecule has 7 unspecified atom stereocenters. The highest BCUT2D eigenvalue weighted by Gasteiger charge is 2.95. The van der Waals surface area contributed by atoms with Crippen molar-refractivity contribution in [1.82, 2.24) is 0 Å². The van der Waals surface area contributed by atoms with E-state index in [0.29, 0.717) is 18.3 Å². The van der Waals surface area contributed by atoms with Crippen molar-refractivity contribution >= 4 is 98.1 Å². The molecular weight excluding hydrogens is 765 g/mol. The Morgan fingerprint density at radius 2 is 1.40 bits per heavy atom. The molecule has 7 atom stereocenters. The van der Waals surface area contributed by atoms with Gasteiger partial charge in [0.25, 0.3) is 0 Å². The molecule has 22 rings (SSSR count). The van der Waals surface area contributed by atoms with Crippen LogP contribution in [0.2, 0.25) is 0 Å². The van der Waals surface area contributed by atoms with Gasteiger partial charge in [-0.25, -0.2) is 0 Å². The first-order valence-electron chi connectivity index (χ1n) is 24.0. The Balaban J connectivity index is 1.10. The fourth-order valence-corrected chi connectivity index (χ4v) is 20.6. The van der Waals surface area contributed by atoms with Crippen molar-refractivity contribution in [2.45, 2.75) is 72.5 Å². The minimum atomic E-state index is -0.240. The van der Waals surface area contributed by atoms with Gasteiger partial charge in [-0.05, 0) is 219 Å². The highest BCUT2D eigenvalue weighted by molar-refractivity contribution is 6.55. The molecule has 0 aliphatic heterocycles. The number of hydrogen-bond donors (Lipinski definition) is 0. The first-order valence-corrected chi connectivity index (χ1v) is 24.0. The number of fused-ring (bicyclic) bond motifs is 2. The molecule has 0 saturated heterocycles. The number of esters is 1. The summed E-state index contributed by atoms with van der Waals surface area (Å²) in [5.41, 5.74) is 30.0. The van der Waals surface area contributed by atoms with Crippen LogP contribution in [-0.2, 0) is 38.6 Å². The third-order valence-electron chi connectivity index (χ3n) is 21.4. The Kier molecular flexibility index (Phi) is 3.58. The van der Waals surface area contributed by atoms with Gasteiger partial charge < -0.3 is 4.74 Å². The number of methoxy groups -OCH3 is 1. The van der Waals surface area contributed by atoms with Crippen molar-refractivity contribution in [1.29, 1.82) is 0 Å². The molecule has 2 spiro atoms. The summed E-state index contributed by atoms with van der Waals surface area (Å²) in [4.78, 5) is 13.2. The molecule has 13 aliphatic carbocycles. The van der Waals surface area contributed by atoms with E-state index in [9.17, 15) is 4.79 Å². The second-order valence-electron chi connectivity index (χ2n) is 22.3. The lowest BCUT2D eigenvalue weighted by molar-refractivity contribution is -0.140. The first-order chi connectivity index (χ1) is 31.2. The van der Waals surface area contributed by atoms with Crippen LogP contribution in [0.5, 0.6) is 0 Å². The number of ether oxygens (including phenoxy) is 1. The van der Waals surface area contributed by atoms with Crippen molar-refractivity contribution in [3.8, 4) is 11.1 Å². The largest absolute Gasteiger partial charge is 0.469 e. The Bertz CT molecular complexity index is 4450. The van der Waals surface area contributed by atoms with Crippen LogP contribution in [0, 0.1) is 5.92 Å². The normalized spacial score (nSPS) is 31.2. The molecule has 0 N–H and O–H groups in total. The second-order valence-corrected chi connectivity index (χ2v) is 22.3. The number of carbonyl (C=O) groups is 1. The molecule has 0 amide bonds. The van der Waals surface area contributed by atoms with Crippen LogP contribution in [0.15, 0.2) is 84.5 Å². The Morgan fingerprint density at radius 3 is 2.25 bits per heavy atom. The van der Waals surface area contributed by atoms with Gasteiger partial charge in [-0.3, -0.25) is 4.79 Å². The molecule has 13 aliphatic rings. The van der Waals surface area contributed by atoms with Gasteiger partial charge in [0.05, 0.1) is 7.11 Å². The lowest BCUT2D eigenvalue weighted by Crippen LogP contribution is -2.31. The summed E-state index contributed by atoms with van der Waals surface area (Å²) in [5, 5.41) is 22.8. The van der Waals surface area contributed by atoms with Gasteiger partial charge in [-0.2, -0.15) is 0 Å². The van der Waals surface area contributed by atoms with Crippen molar-refractivity contribution in [3.63, 3.8) is 0 Å². The molecule has 0 bridgehead atoms. The summed E-state index contributed by atoms with van der Waals surface area (Å²) in [6, 6.07) is 17.3. The van der Waals surface area contributed by atoms with E-state index >= 15 is 0 Å². The summed E-state index contributed by atoms with van der Waals surface area (Å²) in [7, 11) is 1.56. The topological polar surface area (TPSA) is 26.3 Å². The molecular formula is C61H32O2. The molecule has 1 saturated carbocycles. The van der Waals surface area contributed by atoms with E-state index in [0.717, 1.165) is 32.1 Å². The Morgan fingerprint density at radius 1 is 0.683 bits per heavy atom. The number of allylic oxidation sites excluding steroid dienone is 10. The first kappa shape index (κ1) is 29.0. The zero-order chi connectivity index (χ0) is 39.6. The summed E-state index contributed by atoms with van der Waals surface area (Å²) in [5.74, 6) is 1.36. The van der Waals surface area contributed by atoms with E-state index in [2.05, 4.69) is 78.9 Å². The third-order valence-corrected chi connectivity index (χ3v) is 21.4. The zero-order valence-corrected chi connectivity index (χ0v) is 34.4. The average molecular weight is 797 g/mol. The fourth-order valence-electron chi connectivity index (χ4n) is 20.6. The molecule has 9 aromatic rings. The average Bonchev–Trinajstić information content (AvgIpc) is 4.04. The van der Waals surface area contributed by atoms with Crippen LogP contribution in [0.1, 0.15) is 116 Å². The minimum Gasteiger partial charge on any atom is -0.469 e. The Hall–Kier alpha value is -6.51. The zero-order valence-electron chi connectivity index (χ0n) is 34.4. The number of rotatable bonds is 5. The Labute approximate surface area is 359 Å². The molecule has 0 radical (unpaired) electrons. The SMILES string of the molecule is COC(=O)CCCC1(c2ccccc2)C23C4=C5C=CC6c7c5c2c2c5c7c7c6cc6c8c9c%10c%11c%12c%13c%14c%15c(cc%16c%17c(c-2c(c%12c%15%17)c5c%11c87)C13C%16C=C4)CC%14=CC(CC=C9C6)C%13%10. The maximum absolute atomic E-state index is 13.2. The predicted octanol–water partition coefficient (Wildman–Crippen LogP) is 13.2. The van der Waals surface area contributed by atoms with Gasteiger partial charge in [-0.15, -0.1) is 0 Å². The summed E-state index contributed by atoms with van der Waals surface area (Å²) in [6.45, 7) is 0. The monoisotopic (exact) mass is 796 g/mol. The van der Waals surface area contributed by atoms with Gasteiger partial charge in [0.2, 0.25) is 0 Å². The van der Waals surface area contributed by atoms with E-state index in [1.54, 1.807) is 177 Å². The van der Waals surface area contributed by atoms with Crippen molar-refractivity contribution < 1.29 is 9.53 Å². The van der Waals surface area contributed by atoms with Crippen LogP contribution in [0.25, 0.3) is 103 Å². The summed E-state index contributed by atoms with van der Waals surface area (Å²) < 4.78 is 5.39. The van der Waals surface area contributed by atoms with E-state index in [1.165, 1.54) is 11.1 Å². The smallest absolute Gasteiger partial charge is 0.305 e. The third kappa shape index (κ3) is 2.08. The van der Waals surface area contributed by atoms with Crippen molar-refractivity contribution in [2.75, 3.05) is 7.11 Å². The van der Waals surface area contributed by atoms with E-state index < -0.39 is 0 Å². The van der Waals surface area contributed by atoms with Crippen LogP contribution >= 0.6 is 0 Å². The minimum absolute atomic E-state index is 0.0905. The molecule has 9 aromatic carbocycles. The van der Waals surface area contributed by atoms with Crippen molar-refractivity contribution in [2.24, 2.45) is 5.92 Å². The van der Waals surface area contributed by atoms with Gasteiger partial charge in [0, 0.05) is 40.4 Å². The lowest BCUT2D eigenvalue weighted by Gasteiger charge is -2.36. The second kappa shape index (κ2) is 7.78. The quantitative estimate of drug-likeness (QED) is 0.0985. The fraction of sp³-hybridized carbons (Fsp3) is 0.230. The maximum atomic E-state index is 13.2. The van der Waals surface area contributed by atoms with Gasteiger partial charge in [-0.1, -0.05) is 78.9 Å². The standard InChI is InChI=1S/C61H32O2/c1-63-33(62)8-5-15-59(26-6-3-2-4-7-26)60-31-13-14-32-30-20-25-18-23-16-22-10-9-21-17-24-19-29-27-11-12-28(31)41-39(27)47-40(29)45-37(24)34(21)43-35(22)44-36(23)38(25)46-42(30)58(61(32,59)60)56-54-51(46)49(44)48(43)50(45)52(54)53(47)55(56)57(41)60/h2-4,6-7,9,11-14,16,19-20,22,27,32,35H,5,8,10,15,17-18H2,1H3. The van der Waals surface area contributed by atoms with E-state index in [4.69, 9.17) is 4.74 Å². The van der Waals surface area contributed by atoms with Crippen LogP contribution in [-0.4, -0.2) is 13.1 Å². The number of carbonyl (C=O) groups excluding carboxylic acids is 1. The highest BCUT2D eigenvalue weighted by Crippen LogP contribution is 2.96. The van der Waals surface area contributed by atoms with Crippen molar-refractivity contribution in [3.05, 3.63) is 157 Å². The highest BCUT2D eigenvalue weighted by atomic mass is 16.5. The van der Waals surface area contributed by atoms with Gasteiger partial charge in [0.15, 0.2) is 0 Å². The number of hydrogen-bond acceptors (Lipinski definition) is 2. The summed E-state index contributed by atoms with van der Waals surface area (Å²) >= 11 is 0. The van der Waals surface area contributed by atoms with E-state index in [1.807, 2.05) is 0 Å². The predicted molar refractivity (Wildman–Crippen MR) is 251 cm³/mol. The molecule has 288 valence electrons. The van der Waals surface area contributed by atoms with Crippen LogP contribution < -0.4 is 0 Å². The number of benzene rings is 9. The molecule has 0 heterocycles. The molecule has 0 aromatic heterocycles. The van der Waals surface area contributed by atoms with Crippen LogP contribution in [0.3, 0.4) is 0 Å². The molecule has 63 heavy (non-hydrogen) atoms. The van der Waals surface area contributed by atoms with E-state index in [-0.39, 0.29) is 34.1 Å².